The lowest BCUT2D eigenvalue weighted by atomic mass is 9.98. The fourth-order valence-electron chi connectivity index (χ4n) is 3.40. The predicted octanol–water partition coefficient (Wildman–Crippen LogP) is 5.76. The van der Waals surface area contributed by atoms with Crippen LogP contribution in [-0.4, -0.2) is 10.9 Å². The van der Waals surface area contributed by atoms with Gasteiger partial charge in [0.1, 0.15) is 17.3 Å². The molecule has 0 atom stereocenters. The lowest BCUT2D eigenvalue weighted by molar-refractivity contribution is -0.138. The molecule has 1 saturated carbocycles. The number of rotatable bonds is 5. The molecule has 32 heavy (non-hydrogen) atoms. The molecule has 1 heterocycles. The maximum Gasteiger partial charge on any atom is 0.416 e. The van der Waals surface area contributed by atoms with Crippen LogP contribution in [0.15, 0.2) is 53.5 Å². The third-order valence-corrected chi connectivity index (χ3v) is 5.11. The lowest BCUT2D eigenvalue weighted by Gasteiger charge is -2.19. The Morgan fingerprint density at radius 1 is 1.09 bits per heavy atom. The first kappa shape index (κ1) is 21.6. The van der Waals surface area contributed by atoms with Gasteiger partial charge in [-0.3, -0.25) is 9.59 Å². The molecular weight excluding hydrogens is 428 g/mol. The van der Waals surface area contributed by atoms with E-state index in [9.17, 15) is 27.2 Å². The zero-order valence-electron chi connectivity index (χ0n) is 16.8. The van der Waals surface area contributed by atoms with Crippen LogP contribution in [0.25, 0.3) is 0 Å². The van der Waals surface area contributed by atoms with Crippen molar-refractivity contribution in [3.05, 3.63) is 87.1 Å². The van der Waals surface area contributed by atoms with Gasteiger partial charge >= 0.3 is 6.18 Å². The van der Waals surface area contributed by atoms with Gasteiger partial charge in [-0.25, -0.2) is 4.39 Å². The van der Waals surface area contributed by atoms with Gasteiger partial charge in [0, 0.05) is 18.0 Å². The molecule has 1 amide bonds. The molecule has 0 saturated heterocycles. The summed E-state index contributed by atoms with van der Waals surface area (Å²) in [6.07, 6.45) is -2.12. The molecule has 9 heteroatoms. The van der Waals surface area contributed by atoms with Gasteiger partial charge in [-0.05, 0) is 73.2 Å². The summed E-state index contributed by atoms with van der Waals surface area (Å²) in [5.41, 5.74) is -0.892. The van der Waals surface area contributed by atoms with Crippen LogP contribution in [0.3, 0.4) is 0 Å². The van der Waals surface area contributed by atoms with E-state index in [1.165, 1.54) is 37.4 Å². The summed E-state index contributed by atoms with van der Waals surface area (Å²) in [5.74, 6) is -1.76. The fraction of sp³-hybridized carbons (Fsp3) is 0.217. The number of benzene rings is 2. The zero-order chi connectivity index (χ0) is 23.0. The first-order valence-electron chi connectivity index (χ1n) is 9.81. The highest BCUT2D eigenvalue weighted by Gasteiger charge is 2.40. The van der Waals surface area contributed by atoms with Crippen molar-refractivity contribution in [2.45, 2.75) is 31.9 Å². The van der Waals surface area contributed by atoms with Crippen LogP contribution in [-0.2, 0) is 6.18 Å². The normalized spacial score (nSPS) is 13.7. The number of carbonyl (C=O) groups excluding carboxylic acids is 1. The molecule has 166 valence electrons. The summed E-state index contributed by atoms with van der Waals surface area (Å²) in [5, 5.41) is 2.51. The number of nitrogens with one attached hydrogen (secondary N) is 2. The van der Waals surface area contributed by atoms with Crippen molar-refractivity contribution < 1.29 is 27.1 Å². The van der Waals surface area contributed by atoms with Crippen molar-refractivity contribution in [1.29, 1.82) is 0 Å². The average molecular weight is 446 g/mol. The first-order valence-corrected chi connectivity index (χ1v) is 9.81. The molecule has 0 bridgehead atoms. The molecular formula is C23H18F4N2O3. The molecule has 0 spiro atoms. The standard InChI is InChI=1S/C23H18F4N2O3/c1-12-8-14(24)4-5-19(12)32-20-11-18(23(25,26)27)16(13-2-3-13)10-17(20)22(31)29-15-6-7-28-21(30)9-15/h4-11,13H,2-3H2,1H3,(H2,28,29,30,31). The molecule has 0 aliphatic heterocycles. The number of hydrogen-bond donors (Lipinski definition) is 2. The SMILES string of the molecule is Cc1cc(F)ccc1Oc1cc(C(F)(F)F)c(C2CC2)cc1C(=O)Nc1cc[nH]c(=O)c1. The van der Waals surface area contributed by atoms with Crippen LogP contribution in [0.1, 0.15) is 45.8 Å². The van der Waals surface area contributed by atoms with Gasteiger partial charge in [-0.2, -0.15) is 13.2 Å². The number of aromatic nitrogens is 1. The summed E-state index contributed by atoms with van der Waals surface area (Å²) in [6, 6.07) is 8.16. The Hall–Kier alpha value is -3.62. The van der Waals surface area contributed by atoms with E-state index in [0.717, 1.165) is 18.2 Å². The molecule has 1 fully saturated rings. The largest absolute Gasteiger partial charge is 0.456 e. The smallest absolute Gasteiger partial charge is 0.416 e. The van der Waals surface area contributed by atoms with Gasteiger partial charge in [0.25, 0.3) is 5.91 Å². The number of hydrogen-bond acceptors (Lipinski definition) is 3. The van der Waals surface area contributed by atoms with Crippen molar-refractivity contribution in [3.63, 3.8) is 0 Å². The topological polar surface area (TPSA) is 71.2 Å². The Balaban J connectivity index is 1.81. The second-order valence-electron chi connectivity index (χ2n) is 7.62. The Bertz CT molecular complexity index is 1250. The Labute approximate surface area is 180 Å². The Morgan fingerprint density at radius 3 is 2.47 bits per heavy atom. The second-order valence-corrected chi connectivity index (χ2v) is 7.62. The van der Waals surface area contributed by atoms with Crippen molar-refractivity contribution in [2.24, 2.45) is 0 Å². The van der Waals surface area contributed by atoms with E-state index in [-0.39, 0.29) is 34.2 Å². The number of anilines is 1. The Kier molecular flexibility index (Phi) is 5.50. The van der Waals surface area contributed by atoms with E-state index in [4.69, 9.17) is 4.74 Å². The van der Waals surface area contributed by atoms with Gasteiger partial charge in [0.15, 0.2) is 0 Å². The average Bonchev–Trinajstić information content (AvgIpc) is 3.54. The fourth-order valence-corrected chi connectivity index (χ4v) is 3.40. The summed E-state index contributed by atoms with van der Waals surface area (Å²) in [4.78, 5) is 26.9. The number of ether oxygens (including phenoxy) is 1. The summed E-state index contributed by atoms with van der Waals surface area (Å²) in [6.45, 7) is 1.54. The number of amides is 1. The number of aromatic amines is 1. The maximum absolute atomic E-state index is 13.8. The molecule has 1 aromatic heterocycles. The summed E-state index contributed by atoms with van der Waals surface area (Å²) >= 11 is 0. The highest BCUT2D eigenvalue weighted by Crippen LogP contribution is 2.48. The molecule has 1 aliphatic carbocycles. The maximum atomic E-state index is 13.8. The van der Waals surface area contributed by atoms with Crippen molar-refractivity contribution in [3.8, 4) is 11.5 Å². The van der Waals surface area contributed by atoms with E-state index in [1.807, 2.05) is 0 Å². The third-order valence-electron chi connectivity index (χ3n) is 5.11. The highest BCUT2D eigenvalue weighted by atomic mass is 19.4. The lowest BCUT2D eigenvalue weighted by Crippen LogP contribution is -2.17. The van der Waals surface area contributed by atoms with Crippen molar-refractivity contribution in [1.82, 2.24) is 4.98 Å². The van der Waals surface area contributed by atoms with Crippen molar-refractivity contribution in [2.75, 3.05) is 5.32 Å². The number of halogens is 4. The van der Waals surface area contributed by atoms with Gasteiger partial charge in [-0.1, -0.05) is 0 Å². The van der Waals surface area contributed by atoms with Crippen molar-refractivity contribution >= 4 is 11.6 Å². The van der Waals surface area contributed by atoms with Crippen LogP contribution in [0.2, 0.25) is 0 Å². The van der Waals surface area contributed by atoms with Gasteiger partial charge < -0.3 is 15.0 Å². The van der Waals surface area contributed by atoms with E-state index in [0.29, 0.717) is 18.4 Å². The van der Waals surface area contributed by atoms with Crippen LogP contribution in [0.4, 0.5) is 23.2 Å². The van der Waals surface area contributed by atoms with Gasteiger partial charge in [0.2, 0.25) is 5.56 Å². The summed E-state index contributed by atoms with van der Waals surface area (Å²) < 4.78 is 60.4. The molecule has 0 radical (unpaired) electrons. The number of H-pyrrole nitrogens is 1. The highest BCUT2D eigenvalue weighted by molar-refractivity contribution is 6.06. The van der Waals surface area contributed by atoms with Crippen LogP contribution in [0, 0.1) is 12.7 Å². The number of alkyl halides is 3. The molecule has 1 aliphatic rings. The molecule has 4 rings (SSSR count). The molecule has 5 nitrogen and oxygen atoms in total. The zero-order valence-corrected chi connectivity index (χ0v) is 16.8. The van der Waals surface area contributed by atoms with E-state index in [1.54, 1.807) is 0 Å². The molecule has 2 N–H and O–H groups in total. The minimum absolute atomic E-state index is 0.0248. The molecule has 2 aromatic carbocycles. The van der Waals surface area contributed by atoms with Gasteiger partial charge in [-0.15, -0.1) is 0 Å². The second kappa shape index (κ2) is 8.14. The molecule has 3 aromatic rings. The number of pyridine rings is 1. The van der Waals surface area contributed by atoms with Gasteiger partial charge in [0.05, 0.1) is 11.1 Å². The quantitative estimate of drug-likeness (QED) is 0.490. The summed E-state index contributed by atoms with van der Waals surface area (Å²) in [7, 11) is 0. The molecule has 0 unspecified atom stereocenters. The number of carbonyl (C=O) groups is 1. The van der Waals surface area contributed by atoms with Crippen LogP contribution >= 0.6 is 0 Å². The van der Waals surface area contributed by atoms with E-state index >= 15 is 0 Å². The minimum atomic E-state index is -4.64. The first-order chi connectivity index (χ1) is 15.1. The van der Waals surface area contributed by atoms with E-state index in [2.05, 4.69) is 10.3 Å². The van der Waals surface area contributed by atoms with E-state index < -0.39 is 29.0 Å². The van der Waals surface area contributed by atoms with Crippen LogP contribution in [0.5, 0.6) is 11.5 Å². The number of aryl methyl sites for hydroxylation is 1. The predicted molar refractivity (Wildman–Crippen MR) is 110 cm³/mol. The third kappa shape index (κ3) is 4.66. The Morgan fingerprint density at radius 2 is 1.84 bits per heavy atom. The monoisotopic (exact) mass is 446 g/mol. The minimum Gasteiger partial charge on any atom is -0.456 e. The van der Waals surface area contributed by atoms with Crippen LogP contribution < -0.4 is 15.6 Å².